The number of piperidine rings is 1. The van der Waals surface area contributed by atoms with Gasteiger partial charge in [-0.05, 0) is 51.1 Å². The van der Waals surface area contributed by atoms with Crippen LogP contribution in [0.3, 0.4) is 0 Å². The van der Waals surface area contributed by atoms with Gasteiger partial charge in [-0.3, -0.25) is 9.59 Å². The number of nitrogens with zero attached hydrogens (tertiary/aromatic N) is 1. The van der Waals surface area contributed by atoms with Gasteiger partial charge in [0, 0.05) is 31.1 Å². The molecule has 0 saturated carbocycles. The monoisotopic (exact) mass is 355 g/mol. The van der Waals surface area contributed by atoms with E-state index in [2.05, 4.69) is 15.5 Å². The van der Waals surface area contributed by atoms with Gasteiger partial charge < -0.3 is 15.5 Å². The maximum Gasteiger partial charge on any atom is 0.227 e. The first-order valence-electron chi connectivity index (χ1n) is 8.24. The van der Waals surface area contributed by atoms with Crippen molar-refractivity contribution < 1.29 is 14.0 Å². The van der Waals surface area contributed by atoms with E-state index in [0.29, 0.717) is 25.2 Å². The Morgan fingerprint density at radius 2 is 2.04 bits per heavy atom. The average molecular weight is 356 g/mol. The fourth-order valence-electron chi connectivity index (χ4n) is 2.78. The molecule has 0 bridgehead atoms. The van der Waals surface area contributed by atoms with Crippen molar-refractivity contribution in [2.75, 3.05) is 31.5 Å². The smallest absolute Gasteiger partial charge is 0.227 e. The van der Waals surface area contributed by atoms with Gasteiger partial charge in [0.05, 0.1) is 5.02 Å². The number of halogens is 2. The van der Waals surface area contributed by atoms with Crippen molar-refractivity contribution in [2.45, 2.75) is 26.2 Å². The molecule has 0 aliphatic carbocycles. The Morgan fingerprint density at radius 3 is 2.67 bits per heavy atom. The van der Waals surface area contributed by atoms with Crippen LogP contribution in [0.1, 0.15) is 26.2 Å². The molecule has 5 nitrogen and oxygen atoms in total. The van der Waals surface area contributed by atoms with Crippen LogP contribution in [0.5, 0.6) is 0 Å². The van der Waals surface area contributed by atoms with E-state index < -0.39 is 5.82 Å². The molecular weight excluding hydrogens is 333 g/mol. The Kier molecular flexibility index (Phi) is 6.99. The summed E-state index contributed by atoms with van der Waals surface area (Å²) in [6, 6.07) is 4.15. The van der Waals surface area contributed by atoms with Crippen molar-refractivity contribution in [3.8, 4) is 0 Å². The zero-order chi connectivity index (χ0) is 17.5. The van der Waals surface area contributed by atoms with Gasteiger partial charge in [-0.25, -0.2) is 4.39 Å². The molecule has 0 radical (unpaired) electrons. The minimum atomic E-state index is -0.505. The summed E-state index contributed by atoms with van der Waals surface area (Å²) in [6.45, 7) is 4.85. The normalized spacial score (nSPS) is 16.0. The Balaban J connectivity index is 1.76. The van der Waals surface area contributed by atoms with Gasteiger partial charge in [-0.15, -0.1) is 0 Å². The van der Waals surface area contributed by atoms with Crippen molar-refractivity contribution >= 4 is 29.1 Å². The molecule has 0 unspecified atom stereocenters. The molecule has 1 aromatic rings. The Morgan fingerprint density at radius 1 is 1.33 bits per heavy atom. The van der Waals surface area contributed by atoms with Gasteiger partial charge in [-0.2, -0.15) is 0 Å². The lowest BCUT2D eigenvalue weighted by atomic mass is 9.95. The van der Waals surface area contributed by atoms with Crippen molar-refractivity contribution in [1.29, 1.82) is 0 Å². The van der Waals surface area contributed by atoms with Gasteiger partial charge in [0.25, 0.3) is 0 Å². The fourth-order valence-corrected chi connectivity index (χ4v) is 2.96. The Hall–Kier alpha value is -1.66. The van der Waals surface area contributed by atoms with E-state index in [4.69, 9.17) is 11.6 Å². The topological polar surface area (TPSA) is 61.4 Å². The quantitative estimate of drug-likeness (QED) is 0.824. The first-order valence-corrected chi connectivity index (χ1v) is 8.62. The van der Waals surface area contributed by atoms with Gasteiger partial charge in [0.15, 0.2) is 0 Å². The molecule has 1 saturated heterocycles. The molecule has 7 heteroatoms. The molecular formula is C17H23ClFN3O2. The van der Waals surface area contributed by atoms with Crippen LogP contribution in [0, 0.1) is 11.7 Å². The molecule has 1 aliphatic heterocycles. The van der Waals surface area contributed by atoms with Gasteiger partial charge >= 0.3 is 0 Å². The number of likely N-dealkylation sites (tertiary alicyclic amines) is 1. The molecule has 1 aromatic carbocycles. The maximum absolute atomic E-state index is 13.1. The number of rotatable bonds is 6. The van der Waals surface area contributed by atoms with Crippen LogP contribution in [-0.4, -0.2) is 42.9 Å². The third-order valence-corrected chi connectivity index (χ3v) is 4.46. The summed E-state index contributed by atoms with van der Waals surface area (Å²) in [5.74, 6) is -0.587. The second kappa shape index (κ2) is 8.99. The second-order valence-electron chi connectivity index (χ2n) is 5.94. The molecule has 24 heavy (non-hydrogen) atoms. The number of anilines is 1. The van der Waals surface area contributed by atoms with Crippen molar-refractivity contribution in [3.05, 3.63) is 29.0 Å². The molecule has 0 spiro atoms. The Bertz CT molecular complexity index is 589. The van der Waals surface area contributed by atoms with E-state index in [-0.39, 0.29) is 22.8 Å². The van der Waals surface area contributed by atoms with Crippen LogP contribution < -0.4 is 10.6 Å². The minimum Gasteiger partial charge on any atom is -0.356 e. The number of amides is 2. The van der Waals surface area contributed by atoms with Crippen molar-refractivity contribution in [3.63, 3.8) is 0 Å². The number of nitrogens with one attached hydrogen (secondary N) is 2. The number of carbonyl (C=O) groups is 2. The first kappa shape index (κ1) is 18.7. The summed E-state index contributed by atoms with van der Waals surface area (Å²) in [6.07, 6.45) is 1.98. The highest BCUT2D eigenvalue weighted by molar-refractivity contribution is 6.31. The lowest BCUT2D eigenvalue weighted by Crippen LogP contribution is -2.39. The molecule has 1 heterocycles. The van der Waals surface area contributed by atoms with Gasteiger partial charge in [-0.1, -0.05) is 11.6 Å². The third-order valence-electron chi connectivity index (χ3n) is 4.17. The summed E-state index contributed by atoms with van der Waals surface area (Å²) in [4.78, 5) is 26.0. The molecule has 1 fully saturated rings. The van der Waals surface area contributed by atoms with Crippen LogP contribution in [-0.2, 0) is 9.59 Å². The minimum absolute atomic E-state index is 0.00650. The summed E-state index contributed by atoms with van der Waals surface area (Å²) in [7, 11) is 0. The summed E-state index contributed by atoms with van der Waals surface area (Å²) in [5.41, 5.74) is 0.505. The zero-order valence-corrected chi connectivity index (χ0v) is 14.5. The van der Waals surface area contributed by atoms with Crippen LogP contribution in [0.25, 0.3) is 0 Å². The molecule has 0 aromatic heterocycles. The molecule has 2 rings (SSSR count). The lowest BCUT2D eigenvalue weighted by Gasteiger charge is -2.31. The molecule has 132 valence electrons. The number of hydrogen-bond donors (Lipinski definition) is 2. The number of carbonyl (C=O) groups excluding carboxylic acids is 2. The Labute approximate surface area is 146 Å². The first-order chi connectivity index (χ1) is 11.5. The third kappa shape index (κ3) is 5.46. The second-order valence-corrected chi connectivity index (χ2v) is 6.34. The molecule has 2 amide bonds. The van der Waals surface area contributed by atoms with Gasteiger partial charge in [0.1, 0.15) is 5.82 Å². The van der Waals surface area contributed by atoms with E-state index in [1.54, 1.807) is 0 Å². The van der Waals surface area contributed by atoms with E-state index in [1.807, 2.05) is 6.92 Å². The lowest BCUT2D eigenvalue weighted by molar-refractivity contribution is -0.123. The largest absolute Gasteiger partial charge is 0.356 e. The highest BCUT2D eigenvalue weighted by Gasteiger charge is 2.25. The van der Waals surface area contributed by atoms with E-state index in [0.717, 1.165) is 25.9 Å². The highest BCUT2D eigenvalue weighted by atomic mass is 35.5. The van der Waals surface area contributed by atoms with E-state index in [1.165, 1.54) is 18.2 Å². The zero-order valence-electron chi connectivity index (χ0n) is 13.8. The fraction of sp³-hybridized carbons (Fsp3) is 0.529. The average Bonchev–Trinajstić information content (AvgIpc) is 2.57. The molecule has 2 N–H and O–H groups in total. The van der Waals surface area contributed by atoms with Crippen molar-refractivity contribution in [1.82, 2.24) is 10.2 Å². The number of benzene rings is 1. The summed E-state index contributed by atoms with van der Waals surface area (Å²) in [5, 5.41) is 5.56. The standard InChI is InChI=1S/C17H23ClFN3O2/c1-2-20-16(23)7-10-22-8-5-12(6-9-22)17(24)21-13-3-4-15(19)14(18)11-13/h3-4,11-12H,2,5-10H2,1H3,(H,20,23)(H,21,24). The van der Waals surface area contributed by atoms with Crippen LogP contribution in [0.4, 0.5) is 10.1 Å². The predicted molar refractivity (Wildman–Crippen MR) is 92.5 cm³/mol. The van der Waals surface area contributed by atoms with Crippen LogP contribution in [0.15, 0.2) is 18.2 Å². The summed E-state index contributed by atoms with van der Waals surface area (Å²) < 4.78 is 13.1. The predicted octanol–water partition coefficient (Wildman–Crippen LogP) is 2.66. The highest BCUT2D eigenvalue weighted by Crippen LogP contribution is 2.22. The maximum atomic E-state index is 13.1. The molecule has 1 aliphatic rings. The number of hydrogen-bond acceptors (Lipinski definition) is 3. The van der Waals surface area contributed by atoms with Crippen LogP contribution >= 0.6 is 11.6 Å². The van der Waals surface area contributed by atoms with Gasteiger partial charge in [0.2, 0.25) is 11.8 Å². The molecule has 0 atom stereocenters. The van der Waals surface area contributed by atoms with Crippen molar-refractivity contribution in [2.24, 2.45) is 5.92 Å². The van der Waals surface area contributed by atoms with E-state index >= 15 is 0 Å². The SMILES string of the molecule is CCNC(=O)CCN1CCC(C(=O)Nc2ccc(F)c(Cl)c2)CC1. The van der Waals surface area contributed by atoms with Crippen LogP contribution in [0.2, 0.25) is 5.02 Å². The van der Waals surface area contributed by atoms with E-state index in [9.17, 15) is 14.0 Å². The summed E-state index contributed by atoms with van der Waals surface area (Å²) >= 11 is 5.72.